The number of aromatic nitrogens is 2. The molecule has 0 aliphatic carbocycles. The Balaban J connectivity index is 1.70. The number of para-hydroxylation sites is 3. The summed E-state index contributed by atoms with van der Waals surface area (Å²) in [6, 6.07) is 31.6. The Bertz CT molecular complexity index is 1400. The molecule has 0 fully saturated rings. The van der Waals surface area contributed by atoms with E-state index in [9.17, 15) is 4.79 Å². The van der Waals surface area contributed by atoms with Crippen LogP contribution in [0.1, 0.15) is 5.56 Å². The van der Waals surface area contributed by atoms with Crippen molar-refractivity contribution in [1.82, 2.24) is 9.55 Å². The number of pyridine rings is 2. The van der Waals surface area contributed by atoms with Gasteiger partial charge in [-0.25, -0.2) is 0 Å². The highest BCUT2D eigenvalue weighted by Crippen LogP contribution is 2.27. The third-order valence-corrected chi connectivity index (χ3v) is 5.31. The summed E-state index contributed by atoms with van der Waals surface area (Å²) in [5.74, 6) is 0.701. The van der Waals surface area contributed by atoms with Crippen molar-refractivity contribution >= 4 is 28.1 Å². The van der Waals surface area contributed by atoms with Gasteiger partial charge >= 0.3 is 0 Å². The van der Waals surface area contributed by atoms with Crippen LogP contribution in [0.3, 0.4) is 0 Å². The lowest BCUT2D eigenvalue weighted by Crippen LogP contribution is -2.15. The number of benzene rings is 3. The van der Waals surface area contributed by atoms with Gasteiger partial charge in [0.15, 0.2) is 5.43 Å². The molecule has 2 heterocycles. The lowest BCUT2D eigenvalue weighted by atomic mass is 10.1. The van der Waals surface area contributed by atoms with E-state index in [4.69, 9.17) is 0 Å². The van der Waals surface area contributed by atoms with Crippen molar-refractivity contribution in [3.63, 3.8) is 0 Å². The number of rotatable bonds is 6. The number of anilines is 3. The molecule has 156 valence electrons. The van der Waals surface area contributed by atoms with E-state index < -0.39 is 0 Å². The number of nitrogens with zero attached hydrogens (tertiary/aromatic N) is 2. The van der Waals surface area contributed by atoms with Crippen molar-refractivity contribution in [2.45, 2.75) is 6.54 Å². The van der Waals surface area contributed by atoms with Crippen molar-refractivity contribution in [3.05, 3.63) is 125 Å². The van der Waals surface area contributed by atoms with Crippen molar-refractivity contribution in [3.8, 4) is 5.69 Å². The van der Waals surface area contributed by atoms with Crippen LogP contribution in [-0.4, -0.2) is 9.55 Å². The van der Waals surface area contributed by atoms with Crippen LogP contribution in [0.4, 0.5) is 17.2 Å². The maximum atomic E-state index is 13.1. The molecule has 5 nitrogen and oxygen atoms in total. The first-order chi connectivity index (χ1) is 15.8. The van der Waals surface area contributed by atoms with Gasteiger partial charge < -0.3 is 10.6 Å². The van der Waals surface area contributed by atoms with Gasteiger partial charge in [0.25, 0.3) is 0 Å². The van der Waals surface area contributed by atoms with Gasteiger partial charge in [0.1, 0.15) is 5.82 Å². The fourth-order valence-corrected chi connectivity index (χ4v) is 3.82. The molecule has 0 unspecified atom stereocenters. The summed E-state index contributed by atoms with van der Waals surface area (Å²) in [7, 11) is 0. The minimum atomic E-state index is -0.0697. The Morgan fingerprint density at radius 2 is 1.38 bits per heavy atom. The molecule has 0 saturated carbocycles. The lowest BCUT2D eigenvalue weighted by molar-refractivity contribution is 1.05. The molecular formula is C27H22N4O. The van der Waals surface area contributed by atoms with Gasteiger partial charge in [0.05, 0.1) is 10.9 Å². The fraction of sp³-hybridized carbons (Fsp3) is 0.0370. The molecule has 0 radical (unpaired) electrons. The summed E-state index contributed by atoms with van der Waals surface area (Å²) in [4.78, 5) is 17.4. The molecule has 5 heteroatoms. The van der Waals surface area contributed by atoms with Gasteiger partial charge in [-0.05, 0) is 36.4 Å². The Morgan fingerprint density at radius 3 is 2.06 bits per heavy atom. The first-order valence-electron chi connectivity index (χ1n) is 10.5. The highest BCUT2D eigenvalue weighted by molar-refractivity contribution is 5.86. The fourth-order valence-electron chi connectivity index (χ4n) is 3.82. The van der Waals surface area contributed by atoms with E-state index in [1.54, 1.807) is 12.3 Å². The second kappa shape index (κ2) is 8.78. The zero-order chi connectivity index (χ0) is 21.8. The highest BCUT2D eigenvalue weighted by Gasteiger charge is 2.15. The topological polar surface area (TPSA) is 59.0 Å². The van der Waals surface area contributed by atoms with Crippen molar-refractivity contribution in [2.24, 2.45) is 0 Å². The van der Waals surface area contributed by atoms with Crippen LogP contribution in [0.25, 0.3) is 16.6 Å². The molecule has 0 aliphatic heterocycles. The maximum Gasteiger partial charge on any atom is 0.193 e. The molecule has 0 atom stereocenters. The zero-order valence-electron chi connectivity index (χ0n) is 17.4. The smallest absolute Gasteiger partial charge is 0.193 e. The molecule has 2 aromatic heterocycles. The number of fused-ring (bicyclic) bond motifs is 1. The van der Waals surface area contributed by atoms with Crippen LogP contribution in [0.2, 0.25) is 0 Å². The highest BCUT2D eigenvalue weighted by atomic mass is 16.1. The van der Waals surface area contributed by atoms with Gasteiger partial charge in [0, 0.05) is 47.6 Å². The first kappa shape index (κ1) is 19.6. The Kier molecular flexibility index (Phi) is 5.37. The Morgan fingerprint density at radius 1 is 0.750 bits per heavy atom. The average Bonchev–Trinajstić information content (AvgIpc) is 2.85. The molecule has 0 spiro atoms. The van der Waals surface area contributed by atoms with Crippen LogP contribution in [0, 0.1) is 0 Å². The van der Waals surface area contributed by atoms with E-state index in [-0.39, 0.29) is 5.43 Å². The van der Waals surface area contributed by atoms with Gasteiger partial charge in [-0.2, -0.15) is 0 Å². The summed E-state index contributed by atoms with van der Waals surface area (Å²) >= 11 is 0. The summed E-state index contributed by atoms with van der Waals surface area (Å²) in [5, 5.41) is 7.45. The van der Waals surface area contributed by atoms with E-state index in [1.165, 1.54) is 0 Å². The van der Waals surface area contributed by atoms with Crippen LogP contribution in [0.5, 0.6) is 0 Å². The number of hydrogen-bond acceptors (Lipinski definition) is 4. The lowest BCUT2D eigenvalue weighted by Gasteiger charge is -2.20. The Labute approximate surface area is 186 Å². The molecule has 0 aliphatic rings. The van der Waals surface area contributed by atoms with E-state index in [0.717, 1.165) is 28.1 Å². The minimum Gasteiger partial charge on any atom is -0.381 e. The first-order valence-corrected chi connectivity index (χ1v) is 10.5. The average molecular weight is 419 g/mol. The molecular weight excluding hydrogens is 396 g/mol. The largest absolute Gasteiger partial charge is 0.381 e. The SMILES string of the molecule is O=c1cc(Nc2ccccc2)n(-c2ccccc2)c2c(CNc3ccccc3)cncc12. The standard InChI is InChI=1S/C27H22N4O/c32-25-16-26(30-22-12-6-2-7-13-22)31(23-14-8-3-9-15-23)27-20(17-28-19-24(25)27)18-29-21-10-4-1-5-11-21/h1-17,19,29-30H,18H2. The van der Waals surface area contributed by atoms with Crippen LogP contribution in [0.15, 0.2) is 114 Å². The van der Waals surface area contributed by atoms with Crippen molar-refractivity contribution in [2.75, 3.05) is 10.6 Å². The monoisotopic (exact) mass is 418 g/mol. The van der Waals surface area contributed by atoms with Gasteiger partial charge in [-0.3, -0.25) is 14.3 Å². The third-order valence-electron chi connectivity index (χ3n) is 5.31. The van der Waals surface area contributed by atoms with Crippen LogP contribution in [-0.2, 0) is 6.54 Å². The summed E-state index contributed by atoms with van der Waals surface area (Å²) in [6.07, 6.45) is 3.47. The number of hydrogen-bond donors (Lipinski definition) is 2. The van der Waals surface area contributed by atoms with E-state index in [0.29, 0.717) is 17.7 Å². The van der Waals surface area contributed by atoms with Gasteiger partial charge in [-0.1, -0.05) is 54.6 Å². The van der Waals surface area contributed by atoms with Crippen molar-refractivity contribution < 1.29 is 0 Å². The van der Waals surface area contributed by atoms with E-state index in [1.807, 2.05) is 97.2 Å². The van der Waals surface area contributed by atoms with Gasteiger partial charge in [-0.15, -0.1) is 0 Å². The number of nitrogens with one attached hydrogen (secondary N) is 2. The normalized spacial score (nSPS) is 10.8. The van der Waals surface area contributed by atoms with E-state index in [2.05, 4.69) is 20.2 Å². The summed E-state index contributed by atoms with van der Waals surface area (Å²) in [5.41, 5.74) is 4.58. The van der Waals surface area contributed by atoms with E-state index >= 15 is 0 Å². The molecule has 0 bridgehead atoms. The summed E-state index contributed by atoms with van der Waals surface area (Å²) in [6.45, 7) is 0.537. The molecule has 3 aromatic carbocycles. The minimum absolute atomic E-state index is 0.0697. The predicted molar refractivity (Wildman–Crippen MR) is 131 cm³/mol. The predicted octanol–water partition coefficient (Wildman–Crippen LogP) is 5.74. The van der Waals surface area contributed by atoms with Crippen LogP contribution < -0.4 is 16.1 Å². The maximum absolute atomic E-state index is 13.1. The third kappa shape index (κ3) is 3.96. The quantitative estimate of drug-likeness (QED) is 0.369. The van der Waals surface area contributed by atoms with Crippen LogP contribution >= 0.6 is 0 Å². The molecule has 0 saturated heterocycles. The Hall–Kier alpha value is -4.38. The molecule has 32 heavy (non-hydrogen) atoms. The van der Waals surface area contributed by atoms with Gasteiger partial charge in [0.2, 0.25) is 0 Å². The summed E-state index contributed by atoms with van der Waals surface area (Å²) < 4.78 is 2.09. The molecule has 5 aromatic rings. The van der Waals surface area contributed by atoms with Crippen molar-refractivity contribution in [1.29, 1.82) is 0 Å². The zero-order valence-corrected chi connectivity index (χ0v) is 17.4. The second-order valence-electron chi connectivity index (χ2n) is 7.47. The molecule has 2 N–H and O–H groups in total. The molecule has 0 amide bonds. The molecule has 5 rings (SSSR count). The second-order valence-corrected chi connectivity index (χ2v) is 7.47.